The summed E-state index contributed by atoms with van der Waals surface area (Å²) in [6, 6.07) is 9.36. The molecule has 1 unspecified atom stereocenters. The Bertz CT molecular complexity index is 521. The number of rotatable bonds is 4. The van der Waals surface area contributed by atoms with Crippen LogP contribution in [0, 0.1) is 18.6 Å². The van der Waals surface area contributed by atoms with Gasteiger partial charge in [-0.05, 0) is 54.4 Å². The first-order chi connectivity index (χ1) is 9.49. The average Bonchev–Trinajstić information content (AvgIpc) is 2.33. The zero-order valence-electron chi connectivity index (χ0n) is 11.4. The predicted molar refractivity (Wildman–Crippen MR) is 80.8 cm³/mol. The van der Waals surface area contributed by atoms with Crippen LogP contribution in [0.1, 0.15) is 29.7 Å². The van der Waals surface area contributed by atoms with E-state index >= 15 is 0 Å². The summed E-state index contributed by atoms with van der Waals surface area (Å²) >= 11 is 3.46. The highest BCUT2D eigenvalue weighted by Crippen LogP contribution is 2.27. The minimum atomic E-state index is -0.561. The van der Waals surface area contributed by atoms with Crippen LogP contribution in [0.15, 0.2) is 40.9 Å². The first kappa shape index (κ1) is 15.1. The molecule has 1 nitrogen and oxygen atoms in total. The number of hydrogen-bond acceptors (Lipinski definition) is 1. The lowest BCUT2D eigenvalue weighted by atomic mass is 9.97. The predicted octanol–water partition coefficient (Wildman–Crippen LogP) is 4.73. The van der Waals surface area contributed by atoms with E-state index in [1.165, 1.54) is 12.1 Å². The second-order valence-electron chi connectivity index (χ2n) is 4.76. The van der Waals surface area contributed by atoms with E-state index in [0.717, 1.165) is 21.7 Å². The molecule has 0 saturated heterocycles. The standard InChI is InChI=1S/C16H16BrF2N/c1-3-20-16(11-4-10(2)5-13(17)6-11)12-7-14(18)9-15(19)8-12/h4-9,16,20H,3H2,1-2H3. The van der Waals surface area contributed by atoms with Crippen molar-refractivity contribution in [2.45, 2.75) is 19.9 Å². The van der Waals surface area contributed by atoms with Crippen molar-refractivity contribution in [2.75, 3.05) is 6.54 Å². The van der Waals surface area contributed by atoms with Crippen molar-refractivity contribution in [2.24, 2.45) is 0 Å². The van der Waals surface area contributed by atoms with Crippen LogP contribution in [0.3, 0.4) is 0 Å². The van der Waals surface area contributed by atoms with E-state index in [0.29, 0.717) is 12.1 Å². The number of aryl methyl sites for hydroxylation is 1. The Hall–Kier alpha value is -1.26. The molecule has 0 aliphatic heterocycles. The van der Waals surface area contributed by atoms with Crippen LogP contribution < -0.4 is 5.32 Å². The van der Waals surface area contributed by atoms with Gasteiger partial charge in [-0.2, -0.15) is 0 Å². The molecule has 0 aromatic heterocycles. The molecule has 1 N–H and O–H groups in total. The maximum atomic E-state index is 13.4. The molecular formula is C16H16BrF2N. The largest absolute Gasteiger partial charge is 0.307 e. The molecule has 2 rings (SSSR count). The fourth-order valence-electron chi connectivity index (χ4n) is 2.31. The van der Waals surface area contributed by atoms with Crippen molar-refractivity contribution in [3.05, 3.63) is 69.2 Å². The lowest BCUT2D eigenvalue weighted by molar-refractivity contribution is 0.565. The van der Waals surface area contributed by atoms with E-state index in [2.05, 4.69) is 21.2 Å². The molecule has 0 aliphatic rings. The number of halogens is 3. The fourth-order valence-corrected chi connectivity index (χ4v) is 2.93. The Morgan fingerprint density at radius 1 is 1.00 bits per heavy atom. The van der Waals surface area contributed by atoms with Gasteiger partial charge in [0.15, 0.2) is 0 Å². The Morgan fingerprint density at radius 3 is 2.15 bits per heavy atom. The molecule has 2 aromatic carbocycles. The summed E-state index contributed by atoms with van der Waals surface area (Å²) in [6.07, 6.45) is 0. The molecule has 0 heterocycles. The van der Waals surface area contributed by atoms with Crippen molar-refractivity contribution in [1.29, 1.82) is 0 Å². The van der Waals surface area contributed by atoms with E-state index < -0.39 is 11.6 Å². The van der Waals surface area contributed by atoms with Gasteiger partial charge in [0.2, 0.25) is 0 Å². The summed E-state index contributed by atoms with van der Waals surface area (Å²) in [5.41, 5.74) is 2.65. The van der Waals surface area contributed by atoms with Crippen LogP contribution in [-0.2, 0) is 0 Å². The van der Waals surface area contributed by atoms with Gasteiger partial charge in [-0.25, -0.2) is 8.78 Å². The molecule has 0 fully saturated rings. The molecule has 1 atom stereocenters. The second kappa shape index (κ2) is 6.46. The normalized spacial score (nSPS) is 12.4. The molecule has 4 heteroatoms. The van der Waals surface area contributed by atoms with Crippen molar-refractivity contribution in [3.63, 3.8) is 0 Å². The highest BCUT2D eigenvalue weighted by Gasteiger charge is 2.15. The molecule has 0 aliphatic carbocycles. The zero-order valence-corrected chi connectivity index (χ0v) is 13.0. The average molecular weight is 340 g/mol. The Kier molecular flexibility index (Phi) is 4.89. The van der Waals surface area contributed by atoms with Crippen LogP contribution in [0.25, 0.3) is 0 Å². The molecule has 106 valence electrons. The van der Waals surface area contributed by atoms with E-state index in [9.17, 15) is 8.78 Å². The summed E-state index contributed by atoms with van der Waals surface area (Å²) in [5.74, 6) is -1.12. The first-order valence-corrected chi connectivity index (χ1v) is 7.25. The summed E-state index contributed by atoms with van der Waals surface area (Å²) in [5, 5.41) is 3.27. The van der Waals surface area contributed by atoms with Crippen LogP contribution in [-0.4, -0.2) is 6.54 Å². The lowest BCUT2D eigenvalue weighted by Crippen LogP contribution is -2.22. The third-order valence-electron chi connectivity index (χ3n) is 3.02. The zero-order chi connectivity index (χ0) is 14.7. The van der Waals surface area contributed by atoms with Gasteiger partial charge in [0.25, 0.3) is 0 Å². The minimum absolute atomic E-state index is 0.235. The highest BCUT2D eigenvalue weighted by molar-refractivity contribution is 9.10. The smallest absolute Gasteiger partial charge is 0.126 e. The first-order valence-electron chi connectivity index (χ1n) is 6.46. The van der Waals surface area contributed by atoms with Gasteiger partial charge < -0.3 is 5.32 Å². The van der Waals surface area contributed by atoms with Crippen molar-refractivity contribution < 1.29 is 8.78 Å². The topological polar surface area (TPSA) is 12.0 Å². The molecule has 20 heavy (non-hydrogen) atoms. The quantitative estimate of drug-likeness (QED) is 0.848. The van der Waals surface area contributed by atoms with Gasteiger partial charge >= 0.3 is 0 Å². The van der Waals surface area contributed by atoms with Gasteiger partial charge in [0, 0.05) is 10.5 Å². The Morgan fingerprint density at radius 2 is 1.60 bits per heavy atom. The van der Waals surface area contributed by atoms with Crippen LogP contribution in [0.2, 0.25) is 0 Å². The monoisotopic (exact) mass is 339 g/mol. The molecule has 0 bridgehead atoms. The Balaban J connectivity index is 2.49. The lowest BCUT2D eigenvalue weighted by Gasteiger charge is -2.20. The SMILES string of the molecule is CCNC(c1cc(F)cc(F)c1)c1cc(C)cc(Br)c1. The van der Waals surface area contributed by atoms with Crippen molar-refractivity contribution in [3.8, 4) is 0 Å². The second-order valence-corrected chi connectivity index (χ2v) is 5.67. The number of nitrogens with one attached hydrogen (secondary N) is 1. The molecule has 0 amide bonds. The summed E-state index contributed by atoms with van der Waals surface area (Å²) < 4.78 is 27.8. The maximum absolute atomic E-state index is 13.4. The number of benzene rings is 2. The molecule has 2 aromatic rings. The molecule has 0 radical (unpaired) electrons. The summed E-state index contributed by atoms with van der Waals surface area (Å²) in [4.78, 5) is 0. The van der Waals surface area contributed by atoms with E-state index in [1.54, 1.807) is 0 Å². The molecular weight excluding hydrogens is 324 g/mol. The Labute approximate surface area is 126 Å². The third-order valence-corrected chi connectivity index (χ3v) is 3.48. The molecule has 0 saturated carbocycles. The van der Waals surface area contributed by atoms with E-state index in [1.807, 2.05) is 32.0 Å². The van der Waals surface area contributed by atoms with Gasteiger partial charge in [0.05, 0.1) is 6.04 Å². The molecule has 0 spiro atoms. The minimum Gasteiger partial charge on any atom is -0.307 e. The van der Waals surface area contributed by atoms with Crippen LogP contribution >= 0.6 is 15.9 Å². The third kappa shape index (κ3) is 3.64. The summed E-state index contributed by atoms with van der Waals surface area (Å²) in [6.45, 7) is 4.66. The van der Waals surface area contributed by atoms with Crippen LogP contribution in [0.4, 0.5) is 8.78 Å². The maximum Gasteiger partial charge on any atom is 0.126 e. The van der Waals surface area contributed by atoms with Crippen molar-refractivity contribution in [1.82, 2.24) is 5.32 Å². The highest BCUT2D eigenvalue weighted by atomic mass is 79.9. The van der Waals surface area contributed by atoms with E-state index in [-0.39, 0.29) is 6.04 Å². The summed E-state index contributed by atoms with van der Waals surface area (Å²) in [7, 11) is 0. The number of hydrogen-bond donors (Lipinski definition) is 1. The van der Waals surface area contributed by atoms with Crippen molar-refractivity contribution >= 4 is 15.9 Å². The van der Waals surface area contributed by atoms with Gasteiger partial charge in [0.1, 0.15) is 11.6 Å². The van der Waals surface area contributed by atoms with Gasteiger partial charge in [-0.3, -0.25) is 0 Å². The van der Waals surface area contributed by atoms with E-state index in [4.69, 9.17) is 0 Å². The van der Waals surface area contributed by atoms with Gasteiger partial charge in [-0.15, -0.1) is 0 Å². The van der Waals surface area contributed by atoms with Crippen LogP contribution in [0.5, 0.6) is 0 Å². The van der Waals surface area contributed by atoms with Gasteiger partial charge in [-0.1, -0.05) is 28.9 Å². The fraction of sp³-hybridized carbons (Fsp3) is 0.250.